The minimum Gasteiger partial charge on any atom is -0.454 e. The molecule has 7 heteroatoms. The van der Waals surface area contributed by atoms with Gasteiger partial charge in [-0.05, 0) is 29.8 Å². The molecule has 25 heavy (non-hydrogen) atoms. The number of para-hydroxylation sites is 1. The van der Waals surface area contributed by atoms with Crippen molar-refractivity contribution in [3.63, 3.8) is 0 Å². The second kappa shape index (κ2) is 7.21. The van der Waals surface area contributed by atoms with Crippen molar-refractivity contribution in [1.82, 2.24) is 5.32 Å². The average molecular weight is 344 g/mol. The van der Waals surface area contributed by atoms with Gasteiger partial charge in [0.25, 0.3) is 0 Å². The summed E-state index contributed by atoms with van der Waals surface area (Å²) < 4.78 is 24.4. The van der Waals surface area contributed by atoms with E-state index in [1.54, 1.807) is 18.2 Å². The van der Waals surface area contributed by atoms with Crippen molar-refractivity contribution >= 4 is 17.5 Å². The summed E-state index contributed by atoms with van der Waals surface area (Å²) in [7, 11) is 0. The van der Waals surface area contributed by atoms with Crippen LogP contribution in [-0.2, 0) is 16.1 Å². The van der Waals surface area contributed by atoms with Crippen LogP contribution in [0.1, 0.15) is 12.5 Å². The van der Waals surface area contributed by atoms with Crippen LogP contribution in [0, 0.1) is 5.82 Å². The van der Waals surface area contributed by atoms with Crippen LogP contribution < -0.4 is 19.7 Å². The van der Waals surface area contributed by atoms with E-state index < -0.39 is 17.6 Å². The molecule has 0 fully saturated rings. The van der Waals surface area contributed by atoms with Gasteiger partial charge in [0.1, 0.15) is 12.4 Å². The monoisotopic (exact) mass is 344 g/mol. The Morgan fingerprint density at radius 2 is 1.92 bits per heavy atom. The first kappa shape index (κ1) is 16.8. The Balaban J connectivity index is 1.62. The summed E-state index contributed by atoms with van der Waals surface area (Å²) in [6.45, 7) is 1.47. The third-order valence-electron chi connectivity index (χ3n) is 3.75. The van der Waals surface area contributed by atoms with Gasteiger partial charge in [-0.2, -0.15) is 0 Å². The van der Waals surface area contributed by atoms with Crippen LogP contribution in [0.3, 0.4) is 0 Å². The predicted octanol–water partition coefficient (Wildman–Crippen LogP) is 2.22. The van der Waals surface area contributed by atoms with Gasteiger partial charge in [0, 0.05) is 13.5 Å². The smallest absolute Gasteiger partial charge is 0.240 e. The van der Waals surface area contributed by atoms with Crippen LogP contribution in [0.2, 0.25) is 0 Å². The Hall–Kier alpha value is -3.09. The Labute approximate surface area is 144 Å². The summed E-state index contributed by atoms with van der Waals surface area (Å²) in [4.78, 5) is 25.1. The largest absolute Gasteiger partial charge is 0.454 e. The molecule has 1 aliphatic heterocycles. The van der Waals surface area contributed by atoms with Crippen LogP contribution in [0.15, 0.2) is 42.5 Å². The van der Waals surface area contributed by atoms with Gasteiger partial charge in [0.05, 0.1) is 5.69 Å². The Morgan fingerprint density at radius 1 is 1.16 bits per heavy atom. The van der Waals surface area contributed by atoms with Gasteiger partial charge in [-0.25, -0.2) is 4.39 Å². The number of halogens is 1. The van der Waals surface area contributed by atoms with Gasteiger partial charge in [-0.3, -0.25) is 9.59 Å². The lowest BCUT2D eigenvalue weighted by atomic mass is 10.2. The molecule has 1 heterocycles. The standard InChI is InChI=1S/C18H17FN2O4/c1-12(22)21(15-5-3-2-4-14(15)19)10-18(23)20-9-13-6-7-16-17(8-13)25-11-24-16/h2-8H,9-11H2,1H3,(H,20,23). The molecule has 6 nitrogen and oxygen atoms in total. The van der Waals surface area contributed by atoms with Crippen LogP contribution in [0.25, 0.3) is 0 Å². The number of nitrogens with one attached hydrogen (secondary N) is 1. The number of benzene rings is 2. The highest BCUT2D eigenvalue weighted by Gasteiger charge is 2.19. The van der Waals surface area contributed by atoms with Crippen LogP contribution in [-0.4, -0.2) is 25.2 Å². The van der Waals surface area contributed by atoms with Gasteiger partial charge in [-0.15, -0.1) is 0 Å². The Kier molecular flexibility index (Phi) is 4.83. The molecule has 0 aliphatic carbocycles. The molecule has 2 aromatic rings. The normalized spacial score (nSPS) is 11.9. The minimum absolute atomic E-state index is 0.0771. The number of carbonyl (C=O) groups excluding carboxylic acids is 2. The molecule has 1 aliphatic rings. The van der Waals surface area contributed by atoms with Crippen molar-refractivity contribution < 1.29 is 23.5 Å². The number of ether oxygens (including phenoxy) is 2. The molecule has 0 aromatic heterocycles. The van der Waals surface area contributed by atoms with Crippen molar-refractivity contribution in [2.45, 2.75) is 13.5 Å². The van der Waals surface area contributed by atoms with Crippen LogP contribution in [0.4, 0.5) is 10.1 Å². The Bertz CT molecular complexity index is 809. The number of nitrogens with zero attached hydrogens (tertiary/aromatic N) is 1. The zero-order chi connectivity index (χ0) is 17.8. The van der Waals surface area contributed by atoms with E-state index in [2.05, 4.69) is 5.32 Å². The molecule has 3 rings (SSSR count). The number of rotatable bonds is 5. The molecule has 130 valence electrons. The van der Waals surface area contributed by atoms with Gasteiger partial charge in [-0.1, -0.05) is 18.2 Å². The molecule has 2 amide bonds. The molecule has 0 unspecified atom stereocenters. The third-order valence-corrected chi connectivity index (χ3v) is 3.75. The van der Waals surface area contributed by atoms with Gasteiger partial charge >= 0.3 is 0 Å². The van der Waals surface area contributed by atoms with Crippen molar-refractivity contribution in [2.75, 3.05) is 18.2 Å². The fourth-order valence-electron chi connectivity index (χ4n) is 2.49. The average Bonchev–Trinajstić information content (AvgIpc) is 3.06. The number of carbonyl (C=O) groups is 2. The fraction of sp³-hybridized carbons (Fsp3) is 0.222. The van der Waals surface area contributed by atoms with E-state index in [9.17, 15) is 14.0 Å². The number of anilines is 1. The van der Waals surface area contributed by atoms with Crippen molar-refractivity contribution in [2.24, 2.45) is 0 Å². The predicted molar refractivity (Wildman–Crippen MR) is 88.8 cm³/mol. The van der Waals surface area contributed by atoms with Crippen molar-refractivity contribution in [3.8, 4) is 11.5 Å². The minimum atomic E-state index is -0.554. The molecular formula is C18H17FN2O4. The maximum atomic E-state index is 13.9. The van der Waals surface area contributed by atoms with Gasteiger partial charge in [0.15, 0.2) is 11.5 Å². The summed E-state index contributed by atoms with van der Waals surface area (Å²) in [5.74, 6) is -0.0680. The van der Waals surface area contributed by atoms with Crippen LogP contribution in [0.5, 0.6) is 11.5 Å². The number of amides is 2. The zero-order valence-corrected chi connectivity index (χ0v) is 13.6. The number of hydrogen-bond donors (Lipinski definition) is 1. The molecule has 0 saturated carbocycles. The quantitative estimate of drug-likeness (QED) is 0.903. The number of hydrogen-bond acceptors (Lipinski definition) is 4. The Morgan fingerprint density at radius 3 is 2.68 bits per heavy atom. The van der Waals surface area contributed by atoms with E-state index in [1.807, 2.05) is 6.07 Å². The lowest BCUT2D eigenvalue weighted by molar-refractivity contribution is -0.123. The van der Waals surface area contributed by atoms with Crippen molar-refractivity contribution in [1.29, 1.82) is 0 Å². The summed E-state index contributed by atoms with van der Waals surface area (Å²) in [6, 6.07) is 11.2. The summed E-state index contributed by atoms with van der Waals surface area (Å²) >= 11 is 0. The molecule has 2 aromatic carbocycles. The first-order valence-electron chi connectivity index (χ1n) is 7.72. The lowest BCUT2D eigenvalue weighted by Crippen LogP contribution is -2.40. The molecule has 0 bridgehead atoms. The maximum Gasteiger partial charge on any atom is 0.240 e. The maximum absolute atomic E-state index is 13.9. The summed E-state index contributed by atoms with van der Waals surface area (Å²) in [5, 5.41) is 2.71. The first-order valence-corrected chi connectivity index (χ1v) is 7.72. The summed E-state index contributed by atoms with van der Waals surface area (Å²) in [6.07, 6.45) is 0. The number of fused-ring (bicyclic) bond motifs is 1. The zero-order valence-electron chi connectivity index (χ0n) is 13.6. The topological polar surface area (TPSA) is 67.9 Å². The second-order valence-electron chi connectivity index (χ2n) is 5.52. The highest BCUT2D eigenvalue weighted by molar-refractivity contribution is 5.97. The fourth-order valence-corrected chi connectivity index (χ4v) is 2.49. The molecule has 1 N–H and O–H groups in total. The molecule has 0 spiro atoms. The molecule has 0 saturated heterocycles. The van der Waals surface area contributed by atoms with Gasteiger partial charge in [0.2, 0.25) is 18.6 Å². The molecule has 0 atom stereocenters. The van der Waals surface area contributed by atoms with Crippen molar-refractivity contribution in [3.05, 3.63) is 53.8 Å². The second-order valence-corrected chi connectivity index (χ2v) is 5.52. The SMILES string of the molecule is CC(=O)N(CC(=O)NCc1ccc2c(c1)OCO2)c1ccccc1F. The molecule has 0 radical (unpaired) electrons. The highest BCUT2D eigenvalue weighted by atomic mass is 19.1. The van der Waals surface area contributed by atoms with E-state index >= 15 is 0 Å². The third kappa shape index (κ3) is 3.88. The van der Waals surface area contributed by atoms with Gasteiger partial charge < -0.3 is 19.7 Å². The first-order chi connectivity index (χ1) is 12.0. The van der Waals surface area contributed by atoms with E-state index in [1.165, 1.54) is 25.1 Å². The molecular weight excluding hydrogens is 327 g/mol. The van der Waals surface area contributed by atoms with E-state index in [0.717, 1.165) is 10.5 Å². The summed E-state index contributed by atoms with van der Waals surface area (Å²) in [5.41, 5.74) is 0.908. The van der Waals surface area contributed by atoms with E-state index in [4.69, 9.17) is 9.47 Å². The van der Waals surface area contributed by atoms with E-state index in [0.29, 0.717) is 11.5 Å². The highest BCUT2D eigenvalue weighted by Crippen LogP contribution is 2.32. The van der Waals surface area contributed by atoms with Crippen LogP contribution >= 0.6 is 0 Å². The lowest BCUT2D eigenvalue weighted by Gasteiger charge is -2.21. The van der Waals surface area contributed by atoms with E-state index in [-0.39, 0.29) is 25.6 Å².